The van der Waals surface area contributed by atoms with Gasteiger partial charge >= 0.3 is 0 Å². The van der Waals surface area contributed by atoms with Crippen LogP contribution in [0.3, 0.4) is 0 Å². The predicted molar refractivity (Wildman–Crippen MR) is 37.4 cm³/mol. The van der Waals surface area contributed by atoms with Crippen molar-refractivity contribution in [2.75, 3.05) is 6.61 Å². The van der Waals surface area contributed by atoms with Crippen LogP contribution < -0.4 is 0 Å². The van der Waals surface area contributed by atoms with E-state index in [9.17, 15) is 0 Å². The van der Waals surface area contributed by atoms with Gasteiger partial charge in [0.15, 0.2) is 19.0 Å². The molecule has 1 saturated heterocycles. The standard InChI is InChI=1S/C6H12O6/c7-1-2-3(8)4(9)5(10)6(11)12-2/h2-11H,1H2/p+1. The van der Waals surface area contributed by atoms with Crippen LogP contribution in [0.4, 0.5) is 0 Å². The second-order valence-corrected chi connectivity index (χ2v) is 2.74. The van der Waals surface area contributed by atoms with Gasteiger partial charge < -0.3 is 30.3 Å². The maximum atomic E-state index is 9.16. The van der Waals surface area contributed by atoms with Crippen molar-refractivity contribution in [1.82, 2.24) is 0 Å². The quantitative estimate of drug-likeness (QED) is 0.314. The third-order valence-corrected chi connectivity index (χ3v) is 1.89. The van der Waals surface area contributed by atoms with Crippen molar-refractivity contribution in [3.8, 4) is 0 Å². The van der Waals surface area contributed by atoms with Gasteiger partial charge in [-0.25, -0.2) is 0 Å². The lowest BCUT2D eigenvalue weighted by atomic mass is 10.00. The molecule has 0 saturated carbocycles. The van der Waals surface area contributed by atoms with Crippen LogP contribution in [0.25, 0.3) is 0 Å². The van der Waals surface area contributed by atoms with E-state index in [4.69, 9.17) is 25.5 Å². The summed E-state index contributed by atoms with van der Waals surface area (Å²) in [5, 5.41) is 43.1. The van der Waals surface area contributed by atoms with Crippen molar-refractivity contribution in [3.05, 3.63) is 0 Å². The molecule has 0 radical (unpaired) electrons. The van der Waals surface area contributed by atoms with E-state index in [0.717, 1.165) is 0 Å². The molecular formula is C6H13O6+. The molecule has 12 heavy (non-hydrogen) atoms. The first-order valence-electron chi connectivity index (χ1n) is 3.60. The van der Waals surface area contributed by atoms with E-state index in [1.165, 1.54) is 0 Å². The van der Waals surface area contributed by atoms with Gasteiger partial charge in [0, 0.05) is 0 Å². The zero-order valence-electron chi connectivity index (χ0n) is 6.29. The predicted octanol–water partition coefficient (Wildman–Crippen LogP) is -3.49. The maximum absolute atomic E-state index is 9.16. The van der Waals surface area contributed by atoms with E-state index < -0.39 is 30.7 Å². The monoisotopic (exact) mass is 181 g/mol. The summed E-state index contributed by atoms with van der Waals surface area (Å²) < 4.78 is 4.64. The van der Waals surface area contributed by atoms with Gasteiger partial charge in [0.1, 0.15) is 18.3 Å². The molecule has 0 aliphatic carbocycles. The van der Waals surface area contributed by atoms with Crippen molar-refractivity contribution in [3.63, 3.8) is 0 Å². The lowest BCUT2D eigenvalue weighted by Gasteiger charge is -2.36. The van der Waals surface area contributed by atoms with Crippen LogP contribution in [0, 0.1) is 0 Å². The van der Waals surface area contributed by atoms with Crippen molar-refractivity contribution < 1.29 is 30.3 Å². The molecule has 1 aliphatic heterocycles. The minimum atomic E-state index is -1.53. The smallest absolute Gasteiger partial charge is 0.184 e. The molecule has 1 rings (SSSR count). The summed E-state index contributed by atoms with van der Waals surface area (Å²) in [5.74, 6) is 0. The lowest BCUT2D eigenvalue weighted by Crippen LogP contribution is -2.58. The number of hydrogen-bond acceptors (Lipinski definition) is 5. The molecule has 72 valence electrons. The number of ether oxygens (including phenoxy) is 1. The van der Waals surface area contributed by atoms with E-state index in [1.54, 1.807) is 0 Å². The van der Waals surface area contributed by atoms with Crippen LogP contribution in [-0.4, -0.2) is 62.8 Å². The molecule has 0 bridgehead atoms. The summed E-state index contributed by atoms with van der Waals surface area (Å²) in [6.45, 7) is -0.276. The molecule has 1 fully saturated rings. The summed E-state index contributed by atoms with van der Waals surface area (Å²) in [6, 6.07) is 0. The third-order valence-electron chi connectivity index (χ3n) is 1.89. The Hall–Kier alpha value is -0.240. The summed E-state index contributed by atoms with van der Waals surface area (Å²) in [6.07, 6.45) is -6.76. The van der Waals surface area contributed by atoms with Crippen molar-refractivity contribution >= 4 is 0 Å². The highest BCUT2D eigenvalue weighted by Gasteiger charge is 2.43. The molecule has 1 heterocycles. The Morgan fingerprint density at radius 1 is 1.00 bits per heavy atom. The first-order chi connectivity index (χ1) is 5.57. The Bertz CT molecular complexity index is 146. The van der Waals surface area contributed by atoms with Crippen LogP contribution in [0.5, 0.6) is 0 Å². The molecular weight excluding hydrogens is 168 g/mol. The summed E-state index contributed by atoms with van der Waals surface area (Å²) in [7, 11) is 0. The van der Waals surface area contributed by atoms with E-state index >= 15 is 0 Å². The normalized spacial score (nSPS) is 49.2. The van der Waals surface area contributed by atoms with Crippen molar-refractivity contribution in [2.24, 2.45) is 0 Å². The first-order valence-corrected chi connectivity index (χ1v) is 3.60. The van der Waals surface area contributed by atoms with Gasteiger partial charge in [-0.1, -0.05) is 0 Å². The Labute approximate surface area is 68.6 Å². The molecule has 5 unspecified atom stereocenters. The molecule has 0 spiro atoms. The highest BCUT2D eigenvalue weighted by atomic mass is 16.6. The van der Waals surface area contributed by atoms with Crippen molar-refractivity contribution in [1.29, 1.82) is 0 Å². The van der Waals surface area contributed by atoms with Crippen LogP contribution in [-0.2, 0) is 4.74 Å². The Morgan fingerprint density at radius 2 is 1.58 bits per heavy atom. The zero-order chi connectivity index (χ0) is 9.30. The lowest BCUT2D eigenvalue weighted by molar-refractivity contribution is -0.286. The van der Waals surface area contributed by atoms with Crippen molar-refractivity contribution in [2.45, 2.75) is 30.7 Å². The molecule has 5 atom stereocenters. The molecule has 6 nitrogen and oxygen atoms in total. The third kappa shape index (κ3) is 1.58. The second-order valence-electron chi connectivity index (χ2n) is 2.74. The highest BCUT2D eigenvalue weighted by molar-refractivity contribution is 4.87. The minimum absolute atomic E-state index is 0.276. The molecule has 0 aromatic carbocycles. The average Bonchev–Trinajstić information content (AvgIpc) is 2.08. The van der Waals surface area contributed by atoms with Crippen LogP contribution in [0.1, 0.15) is 0 Å². The number of rotatable bonds is 1. The van der Waals surface area contributed by atoms with Gasteiger partial charge in [-0.2, -0.15) is 0 Å². The molecule has 0 amide bonds. The first kappa shape index (κ1) is 9.85. The van der Waals surface area contributed by atoms with Crippen LogP contribution >= 0.6 is 0 Å². The SMILES string of the molecule is OC1OC(C[OH2+])C(O)C(O)C1O. The summed E-state index contributed by atoms with van der Waals surface area (Å²) in [5.41, 5.74) is 0. The zero-order valence-corrected chi connectivity index (χ0v) is 6.29. The molecule has 0 aromatic rings. The topological polar surface area (TPSA) is 113 Å². The molecule has 6 heteroatoms. The van der Waals surface area contributed by atoms with Gasteiger partial charge in [0.05, 0.1) is 0 Å². The fourth-order valence-electron chi connectivity index (χ4n) is 1.10. The molecule has 1 aliphatic rings. The highest BCUT2D eigenvalue weighted by Crippen LogP contribution is 2.18. The fourth-order valence-corrected chi connectivity index (χ4v) is 1.10. The van der Waals surface area contributed by atoms with E-state index in [0.29, 0.717) is 0 Å². The second kappa shape index (κ2) is 3.65. The van der Waals surface area contributed by atoms with Gasteiger partial charge in [-0.05, 0) is 0 Å². The van der Waals surface area contributed by atoms with E-state index in [-0.39, 0.29) is 6.61 Å². The van der Waals surface area contributed by atoms with Crippen LogP contribution in [0.15, 0.2) is 0 Å². The largest absolute Gasteiger partial charge is 0.443 e. The summed E-state index contributed by atoms with van der Waals surface area (Å²) >= 11 is 0. The molecule has 0 aromatic heterocycles. The van der Waals surface area contributed by atoms with Gasteiger partial charge in [0.25, 0.3) is 0 Å². The number of aliphatic hydroxyl groups excluding tert-OH is 4. The maximum Gasteiger partial charge on any atom is 0.184 e. The summed E-state index contributed by atoms with van der Waals surface area (Å²) in [4.78, 5) is 0. The fraction of sp³-hybridized carbons (Fsp3) is 1.00. The Morgan fingerprint density at radius 3 is 2.08 bits per heavy atom. The molecule has 6 N–H and O–H groups in total. The Balaban J connectivity index is 2.63. The Kier molecular flexibility index (Phi) is 2.99. The number of hydrogen-bond donors (Lipinski definition) is 4. The van der Waals surface area contributed by atoms with E-state index in [1.807, 2.05) is 0 Å². The van der Waals surface area contributed by atoms with Gasteiger partial charge in [-0.15, -0.1) is 0 Å². The van der Waals surface area contributed by atoms with Gasteiger partial charge in [0.2, 0.25) is 0 Å². The van der Waals surface area contributed by atoms with E-state index in [2.05, 4.69) is 4.74 Å². The number of aliphatic hydroxyl groups is 4. The average molecular weight is 181 g/mol. The van der Waals surface area contributed by atoms with Crippen LogP contribution in [0.2, 0.25) is 0 Å². The minimum Gasteiger partial charge on any atom is -0.443 e. The van der Waals surface area contributed by atoms with Gasteiger partial charge in [-0.3, -0.25) is 0 Å².